The maximum Gasteiger partial charge on any atom is 0.272 e. The van der Waals surface area contributed by atoms with Crippen LogP contribution in [0.1, 0.15) is 26.3 Å². The molecule has 2 rings (SSSR count). The summed E-state index contributed by atoms with van der Waals surface area (Å²) in [5.41, 5.74) is 0.505. The second-order valence-corrected chi connectivity index (χ2v) is 5.54. The van der Waals surface area contributed by atoms with E-state index in [9.17, 15) is 9.59 Å². The zero-order chi connectivity index (χ0) is 14.0. The Hall–Kier alpha value is -1.47. The highest BCUT2D eigenvalue weighted by atomic mass is 32.1. The number of rotatable bonds is 4. The minimum absolute atomic E-state index is 0.195. The molecule has 19 heavy (non-hydrogen) atoms. The normalized spacial score (nSPS) is 12.5. The Kier molecular flexibility index (Phi) is 4.16. The van der Waals surface area contributed by atoms with Gasteiger partial charge in [0.15, 0.2) is 4.77 Å². The average molecular weight is 297 g/mol. The van der Waals surface area contributed by atoms with Gasteiger partial charge in [0.25, 0.3) is 5.56 Å². The van der Waals surface area contributed by atoms with Crippen LogP contribution in [-0.4, -0.2) is 22.0 Å². The zero-order valence-corrected chi connectivity index (χ0v) is 12.4. The van der Waals surface area contributed by atoms with Crippen molar-refractivity contribution in [1.82, 2.24) is 14.9 Å². The summed E-state index contributed by atoms with van der Waals surface area (Å²) in [4.78, 5) is 27.3. The summed E-state index contributed by atoms with van der Waals surface area (Å²) in [6, 6.07) is 1.19. The molecule has 1 atom stereocenters. The monoisotopic (exact) mass is 297 g/mol. The molecule has 0 bridgehead atoms. The van der Waals surface area contributed by atoms with Crippen LogP contribution in [0.2, 0.25) is 0 Å². The second-order valence-electron chi connectivity index (χ2n) is 4.24. The van der Waals surface area contributed by atoms with Crippen molar-refractivity contribution in [3.05, 3.63) is 26.6 Å². The lowest BCUT2D eigenvalue weighted by Crippen LogP contribution is -2.36. The van der Waals surface area contributed by atoms with Crippen LogP contribution in [-0.2, 0) is 4.79 Å². The number of hydrogen-bond acceptors (Lipinski definition) is 4. The second kappa shape index (κ2) is 5.66. The quantitative estimate of drug-likeness (QED) is 0.850. The van der Waals surface area contributed by atoms with E-state index in [2.05, 4.69) is 10.3 Å². The van der Waals surface area contributed by atoms with Crippen molar-refractivity contribution in [2.24, 2.45) is 0 Å². The molecule has 0 saturated carbocycles. The molecule has 0 aliphatic carbocycles. The number of carbonyl (C=O) groups excluding carboxylic acids is 1. The van der Waals surface area contributed by atoms with Gasteiger partial charge in [0.2, 0.25) is 5.91 Å². The van der Waals surface area contributed by atoms with E-state index >= 15 is 0 Å². The van der Waals surface area contributed by atoms with Crippen LogP contribution >= 0.6 is 23.6 Å². The van der Waals surface area contributed by atoms with Crippen LogP contribution in [0.25, 0.3) is 10.2 Å². The third kappa shape index (κ3) is 2.62. The van der Waals surface area contributed by atoms with E-state index in [0.29, 0.717) is 11.2 Å². The minimum atomic E-state index is -0.616. The highest BCUT2D eigenvalue weighted by Crippen LogP contribution is 2.15. The summed E-state index contributed by atoms with van der Waals surface area (Å²) < 4.78 is 2.19. The summed E-state index contributed by atoms with van der Waals surface area (Å²) in [6.07, 6.45) is 0.851. The maximum atomic E-state index is 12.3. The summed E-state index contributed by atoms with van der Waals surface area (Å²) >= 11 is 6.51. The number of nitrogens with one attached hydrogen (secondary N) is 2. The summed E-state index contributed by atoms with van der Waals surface area (Å²) in [5, 5.41) is 4.59. The molecule has 5 nitrogen and oxygen atoms in total. The van der Waals surface area contributed by atoms with Crippen molar-refractivity contribution in [2.75, 3.05) is 6.54 Å². The standard InChI is InChI=1S/C12H15N3O2S2/c1-3-5-13-10(16)7(2)15-11(17)9-8(4-6-19-9)14-12(15)18/h4,6-7H,3,5H2,1-2H3,(H,13,16)(H,14,18). The third-order valence-corrected chi connectivity index (χ3v) is 4.06. The first-order valence-electron chi connectivity index (χ1n) is 6.06. The van der Waals surface area contributed by atoms with Crippen molar-refractivity contribution < 1.29 is 4.79 Å². The van der Waals surface area contributed by atoms with Crippen molar-refractivity contribution in [1.29, 1.82) is 0 Å². The molecule has 102 valence electrons. The molecular formula is C12H15N3O2S2. The predicted molar refractivity (Wildman–Crippen MR) is 79.3 cm³/mol. The van der Waals surface area contributed by atoms with E-state index < -0.39 is 6.04 Å². The van der Waals surface area contributed by atoms with Gasteiger partial charge in [-0.15, -0.1) is 11.3 Å². The summed E-state index contributed by atoms with van der Waals surface area (Å²) in [5.74, 6) is -0.195. The molecule has 0 aliphatic rings. The number of thiophene rings is 1. The fraction of sp³-hybridized carbons (Fsp3) is 0.417. The number of fused-ring (bicyclic) bond motifs is 1. The number of amides is 1. The predicted octanol–water partition coefficient (Wildman–Crippen LogP) is 2.21. The maximum absolute atomic E-state index is 12.3. The van der Waals surface area contributed by atoms with Crippen LogP contribution in [0.3, 0.4) is 0 Å². The lowest BCUT2D eigenvalue weighted by Gasteiger charge is -2.14. The summed E-state index contributed by atoms with van der Waals surface area (Å²) in [7, 11) is 0. The van der Waals surface area contributed by atoms with Gasteiger partial charge >= 0.3 is 0 Å². The Bertz CT molecular complexity index is 714. The molecule has 0 saturated heterocycles. The zero-order valence-electron chi connectivity index (χ0n) is 10.7. The van der Waals surface area contributed by atoms with Crippen LogP contribution in [0, 0.1) is 4.77 Å². The highest BCUT2D eigenvalue weighted by molar-refractivity contribution is 7.71. The molecule has 0 radical (unpaired) electrons. The van der Waals surface area contributed by atoms with Crippen LogP contribution in [0.4, 0.5) is 0 Å². The van der Waals surface area contributed by atoms with Crippen LogP contribution < -0.4 is 10.9 Å². The van der Waals surface area contributed by atoms with Gasteiger partial charge in [0.1, 0.15) is 10.7 Å². The molecular weight excluding hydrogens is 282 g/mol. The first-order chi connectivity index (χ1) is 9.06. The lowest BCUT2D eigenvalue weighted by atomic mass is 10.3. The average Bonchev–Trinajstić information content (AvgIpc) is 2.83. The Morgan fingerprint density at radius 1 is 1.63 bits per heavy atom. The van der Waals surface area contributed by atoms with E-state index in [4.69, 9.17) is 12.2 Å². The van der Waals surface area contributed by atoms with Crippen molar-refractivity contribution >= 4 is 39.7 Å². The Labute approximate surface area is 119 Å². The van der Waals surface area contributed by atoms with Gasteiger partial charge in [0, 0.05) is 6.54 Å². The van der Waals surface area contributed by atoms with E-state index in [1.165, 1.54) is 15.9 Å². The van der Waals surface area contributed by atoms with Gasteiger partial charge in [-0.2, -0.15) is 0 Å². The molecule has 0 aromatic carbocycles. The van der Waals surface area contributed by atoms with E-state index in [0.717, 1.165) is 11.9 Å². The molecule has 0 aliphatic heterocycles. The van der Waals surface area contributed by atoms with Crippen molar-refractivity contribution in [3.63, 3.8) is 0 Å². The molecule has 0 spiro atoms. The molecule has 2 N–H and O–H groups in total. The Morgan fingerprint density at radius 3 is 3.05 bits per heavy atom. The number of aromatic nitrogens is 2. The third-order valence-electron chi connectivity index (χ3n) is 2.85. The molecule has 7 heteroatoms. The largest absolute Gasteiger partial charge is 0.354 e. The number of H-pyrrole nitrogens is 1. The number of nitrogens with zero attached hydrogens (tertiary/aromatic N) is 1. The van der Waals surface area contributed by atoms with Gasteiger partial charge in [0.05, 0.1) is 5.52 Å². The topological polar surface area (TPSA) is 66.9 Å². The molecule has 1 unspecified atom stereocenters. The fourth-order valence-electron chi connectivity index (χ4n) is 1.82. The molecule has 1 amide bonds. The van der Waals surface area contributed by atoms with Crippen molar-refractivity contribution in [2.45, 2.75) is 26.3 Å². The first-order valence-corrected chi connectivity index (χ1v) is 7.34. The van der Waals surface area contributed by atoms with E-state index in [1.54, 1.807) is 6.92 Å². The van der Waals surface area contributed by atoms with Crippen LogP contribution in [0.15, 0.2) is 16.2 Å². The number of carbonyl (C=O) groups is 1. The molecule has 2 aromatic rings. The van der Waals surface area contributed by atoms with Gasteiger partial charge in [-0.3, -0.25) is 14.2 Å². The molecule has 0 fully saturated rings. The van der Waals surface area contributed by atoms with E-state index in [-0.39, 0.29) is 16.2 Å². The fourth-order valence-corrected chi connectivity index (χ4v) is 2.95. The number of aromatic amines is 1. The molecule has 2 aromatic heterocycles. The van der Waals surface area contributed by atoms with Gasteiger partial charge in [-0.25, -0.2) is 0 Å². The van der Waals surface area contributed by atoms with Gasteiger partial charge in [-0.1, -0.05) is 6.92 Å². The summed E-state index contributed by atoms with van der Waals surface area (Å²) in [6.45, 7) is 4.24. The van der Waals surface area contributed by atoms with Crippen LogP contribution in [0.5, 0.6) is 0 Å². The first kappa shape index (κ1) is 14.0. The molecule has 2 heterocycles. The minimum Gasteiger partial charge on any atom is -0.354 e. The smallest absolute Gasteiger partial charge is 0.272 e. The Morgan fingerprint density at radius 2 is 2.37 bits per heavy atom. The highest BCUT2D eigenvalue weighted by Gasteiger charge is 2.18. The van der Waals surface area contributed by atoms with Crippen molar-refractivity contribution in [3.8, 4) is 0 Å². The van der Waals surface area contributed by atoms with Gasteiger partial charge < -0.3 is 10.3 Å². The SMILES string of the molecule is CCCNC(=O)C(C)n1c(=S)[nH]c2ccsc2c1=O. The lowest BCUT2D eigenvalue weighted by molar-refractivity contribution is -0.123. The Balaban J connectivity index is 2.47. The van der Waals surface area contributed by atoms with Gasteiger partial charge in [-0.05, 0) is 37.0 Å². The van der Waals surface area contributed by atoms with E-state index in [1.807, 2.05) is 18.4 Å². The number of hydrogen-bond donors (Lipinski definition) is 2.